The van der Waals surface area contributed by atoms with E-state index in [4.69, 9.17) is 4.98 Å². The fourth-order valence-corrected chi connectivity index (χ4v) is 15.3. The lowest BCUT2D eigenvalue weighted by atomic mass is 9.46. The summed E-state index contributed by atoms with van der Waals surface area (Å²) in [5.74, 6) is 0.883. The van der Waals surface area contributed by atoms with E-state index in [0.29, 0.717) is 0 Å². The summed E-state index contributed by atoms with van der Waals surface area (Å²) >= 11 is 0. The smallest absolute Gasteiger partial charge is 0.330 e. The highest BCUT2D eigenvalue weighted by Crippen LogP contribution is 2.41. The lowest BCUT2D eigenvalue weighted by Gasteiger charge is -2.38. The maximum atomic E-state index is 5.81. The minimum atomic E-state index is -2.83. The third-order valence-electron chi connectivity index (χ3n) is 13.2. The number of anilines is 2. The number of benzene rings is 9. The fraction of sp³-hybridized carbons (Fsp3) is 0. The number of aromatic nitrogens is 2. The van der Waals surface area contributed by atoms with Crippen LogP contribution in [0.3, 0.4) is 0 Å². The molecule has 3 nitrogen and oxygen atoms in total. The SMILES string of the molecule is c1ccc(B2c3ccccc3-c3ccccc3N2c2cc(-n3c4ccccc4c4ccccc43)cc(-c3cccc([Si](c4ccccc4)(c4ccccc4)c4ccccc4)c3)n2)cc1. The molecule has 300 valence electrons. The van der Waals surface area contributed by atoms with Crippen LogP contribution in [0.25, 0.3) is 49.9 Å². The number of hydrogen-bond acceptors (Lipinski definition) is 2. The Labute approximate surface area is 375 Å². The second kappa shape index (κ2) is 15.7. The molecule has 9 aromatic carbocycles. The van der Waals surface area contributed by atoms with Gasteiger partial charge >= 0.3 is 6.85 Å². The number of fused-ring (bicyclic) bond motifs is 6. The van der Waals surface area contributed by atoms with Crippen molar-refractivity contribution in [3.63, 3.8) is 0 Å². The van der Waals surface area contributed by atoms with E-state index >= 15 is 0 Å². The molecule has 1 aliphatic rings. The number of nitrogens with zero attached hydrogens (tertiary/aromatic N) is 3. The molecule has 0 amide bonds. The molecule has 11 aromatic rings. The number of hydrogen-bond donors (Lipinski definition) is 0. The molecule has 2 aromatic heterocycles. The van der Waals surface area contributed by atoms with Crippen LogP contribution in [0.2, 0.25) is 0 Å². The molecule has 0 radical (unpaired) electrons. The molecule has 0 atom stereocenters. The molecule has 12 rings (SSSR count). The highest BCUT2D eigenvalue weighted by atomic mass is 28.3. The van der Waals surface area contributed by atoms with Crippen LogP contribution in [0, 0.1) is 0 Å². The molecule has 0 bridgehead atoms. The van der Waals surface area contributed by atoms with Gasteiger partial charge in [-0.3, -0.25) is 0 Å². The number of rotatable bonds is 8. The maximum Gasteiger partial charge on any atom is 0.330 e. The van der Waals surface area contributed by atoms with Gasteiger partial charge in [-0.05, 0) is 56.0 Å². The summed E-state index contributed by atoms with van der Waals surface area (Å²) in [4.78, 5) is 8.30. The van der Waals surface area contributed by atoms with Gasteiger partial charge in [0.05, 0.1) is 22.4 Å². The second-order valence-corrected chi connectivity index (χ2v) is 20.5. The standard InChI is InChI=1S/C59H42BN3Si/c1-5-23-44(24-6-1)60-54-36-17-13-32-50(54)51-33-16-20-39-58(51)63(60)59-42-45(62-56-37-18-14-34-52(56)53-35-15-19-38-57(53)62)41-55(61-59)43-22-21-31-49(40-43)64(46-25-7-2-8-26-46,47-27-9-3-10-28-47)48-29-11-4-12-30-48/h1-42H. The Morgan fingerprint density at radius 2 is 0.891 bits per heavy atom. The van der Waals surface area contributed by atoms with E-state index in [1.54, 1.807) is 0 Å². The Morgan fingerprint density at radius 3 is 1.52 bits per heavy atom. The minimum Gasteiger partial charge on any atom is -0.361 e. The summed E-state index contributed by atoms with van der Waals surface area (Å²) in [5.41, 5.74) is 11.4. The molecule has 0 saturated heterocycles. The van der Waals surface area contributed by atoms with Crippen molar-refractivity contribution < 1.29 is 0 Å². The molecule has 0 fully saturated rings. The molecule has 5 heteroatoms. The van der Waals surface area contributed by atoms with Crippen LogP contribution in [-0.2, 0) is 0 Å². The zero-order valence-corrected chi connectivity index (χ0v) is 36.2. The van der Waals surface area contributed by atoms with Crippen LogP contribution in [-0.4, -0.2) is 24.5 Å². The van der Waals surface area contributed by atoms with Crippen molar-refractivity contribution in [3.8, 4) is 28.1 Å². The van der Waals surface area contributed by atoms with Crippen molar-refractivity contribution in [2.75, 3.05) is 4.81 Å². The lowest BCUT2D eigenvalue weighted by Crippen LogP contribution is -2.74. The molecule has 0 aliphatic carbocycles. The lowest BCUT2D eigenvalue weighted by molar-refractivity contribution is 1.14. The second-order valence-electron chi connectivity index (χ2n) is 16.7. The van der Waals surface area contributed by atoms with Crippen molar-refractivity contribution in [3.05, 3.63) is 255 Å². The number of para-hydroxylation sites is 3. The normalized spacial score (nSPS) is 12.3. The summed E-state index contributed by atoms with van der Waals surface area (Å²) in [7, 11) is -2.83. The summed E-state index contributed by atoms with van der Waals surface area (Å²) < 4.78 is 2.43. The third kappa shape index (κ3) is 6.08. The fourth-order valence-electron chi connectivity index (χ4n) is 10.5. The minimum absolute atomic E-state index is 0.123. The highest BCUT2D eigenvalue weighted by molar-refractivity contribution is 7.19. The van der Waals surface area contributed by atoms with Crippen LogP contribution >= 0.6 is 0 Å². The first-order valence-electron chi connectivity index (χ1n) is 22.1. The third-order valence-corrected chi connectivity index (χ3v) is 18.0. The molecule has 3 heterocycles. The predicted octanol–water partition coefficient (Wildman–Crippen LogP) is 10.1. The zero-order chi connectivity index (χ0) is 42.5. The zero-order valence-electron chi connectivity index (χ0n) is 35.2. The average Bonchev–Trinajstić information content (AvgIpc) is 3.72. The van der Waals surface area contributed by atoms with Crippen molar-refractivity contribution in [2.24, 2.45) is 0 Å². The van der Waals surface area contributed by atoms with Gasteiger partial charge in [-0.25, -0.2) is 4.98 Å². The summed E-state index contributed by atoms with van der Waals surface area (Å²) in [6.07, 6.45) is 0. The topological polar surface area (TPSA) is 21.1 Å². The van der Waals surface area contributed by atoms with E-state index in [9.17, 15) is 0 Å². The number of pyridine rings is 1. The van der Waals surface area contributed by atoms with Gasteiger partial charge in [0, 0.05) is 33.7 Å². The van der Waals surface area contributed by atoms with Crippen molar-refractivity contribution in [1.29, 1.82) is 0 Å². The molecule has 0 spiro atoms. The van der Waals surface area contributed by atoms with Gasteiger partial charge in [-0.1, -0.05) is 230 Å². The Bertz CT molecular complexity index is 3310. The van der Waals surface area contributed by atoms with Crippen molar-refractivity contribution in [1.82, 2.24) is 9.55 Å². The molecule has 1 aliphatic heterocycles. The van der Waals surface area contributed by atoms with Crippen LogP contribution in [0.4, 0.5) is 11.5 Å². The average molecular weight is 832 g/mol. The Morgan fingerprint density at radius 1 is 0.391 bits per heavy atom. The van der Waals surface area contributed by atoms with Crippen LogP contribution in [0.1, 0.15) is 0 Å². The van der Waals surface area contributed by atoms with Crippen LogP contribution in [0.5, 0.6) is 0 Å². The van der Waals surface area contributed by atoms with Gasteiger partial charge in [-0.2, -0.15) is 0 Å². The van der Waals surface area contributed by atoms with Gasteiger partial charge < -0.3 is 9.38 Å². The first-order chi connectivity index (χ1) is 31.8. The van der Waals surface area contributed by atoms with Crippen LogP contribution in [0.15, 0.2) is 255 Å². The van der Waals surface area contributed by atoms with Gasteiger partial charge in [0.15, 0.2) is 8.07 Å². The molecule has 64 heavy (non-hydrogen) atoms. The molecule has 0 N–H and O–H groups in total. The predicted molar refractivity (Wildman–Crippen MR) is 273 cm³/mol. The largest absolute Gasteiger partial charge is 0.361 e. The first kappa shape index (κ1) is 37.7. The van der Waals surface area contributed by atoms with Gasteiger partial charge in [0.2, 0.25) is 0 Å². The van der Waals surface area contributed by atoms with Gasteiger partial charge in [-0.15, -0.1) is 0 Å². The van der Waals surface area contributed by atoms with Crippen LogP contribution < -0.4 is 36.5 Å². The highest BCUT2D eigenvalue weighted by Gasteiger charge is 2.42. The van der Waals surface area contributed by atoms with Gasteiger partial charge in [0.25, 0.3) is 0 Å². The van der Waals surface area contributed by atoms with E-state index in [-0.39, 0.29) is 6.85 Å². The van der Waals surface area contributed by atoms with E-state index in [1.807, 2.05) is 0 Å². The monoisotopic (exact) mass is 831 g/mol. The van der Waals surface area contributed by atoms with E-state index < -0.39 is 8.07 Å². The van der Waals surface area contributed by atoms with E-state index in [1.165, 1.54) is 53.6 Å². The molecule has 0 saturated carbocycles. The summed E-state index contributed by atoms with van der Waals surface area (Å²) in [6.45, 7) is -0.123. The summed E-state index contributed by atoms with van der Waals surface area (Å²) in [5, 5.41) is 7.77. The molecular formula is C59H42BN3Si. The van der Waals surface area contributed by atoms with Crippen molar-refractivity contribution in [2.45, 2.75) is 0 Å². The van der Waals surface area contributed by atoms with Crippen molar-refractivity contribution >= 4 is 79.9 Å². The quantitative estimate of drug-likeness (QED) is 0.112. The van der Waals surface area contributed by atoms with E-state index in [0.717, 1.165) is 39.5 Å². The molecular weight excluding hydrogens is 790 g/mol. The van der Waals surface area contributed by atoms with Gasteiger partial charge in [0.1, 0.15) is 5.82 Å². The Balaban J connectivity index is 1.16. The Kier molecular flexibility index (Phi) is 9.28. The molecule has 0 unspecified atom stereocenters. The summed E-state index contributed by atoms with van der Waals surface area (Å²) in [6, 6.07) is 93.5. The first-order valence-corrected chi connectivity index (χ1v) is 24.1. The maximum absolute atomic E-state index is 5.81. The van der Waals surface area contributed by atoms with E-state index in [2.05, 4.69) is 264 Å². The Hall–Kier alpha value is -7.99.